The second-order valence-corrected chi connectivity index (χ2v) is 17.7. The fourth-order valence-corrected chi connectivity index (χ4v) is 8.89. The van der Waals surface area contributed by atoms with E-state index < -0.39 is 12.2 Å². The highest BCUT2D eigenvalue weighted by Crippen LogP contribution is 2.30. The number of cyclic esters (lactones) is 2. The fraction of sp³-hybridized carbons (Fsp3) is 0.212. The summed E-state index contributed by atoms with van der Waals surface area (Å²) in [4.78, 5) is 54.2. The zero-order valence-corrected chi connectivity index (χ0v) is 43.8. The molecule has 10 heteroatoms. The van der Waals surface area contributed by atoms with E-state index in [1.807, 2.05) is 246 Å². The molecule has 2 aliphatic rings. The number of ether oxygens (including phenoxy) is 4. The number of amides is 4. The van der Waals surface area contributed by atoms with Crippen LogP contribution >= 0.6 is 0 Å². The topological polar surface area (TPSA) is 112 Å². The molecule has 76 heavy (non-hydrogen) atoms. The van der Waals surface area contributed by atoms with Gasteiger partial charge in [-0.2, -0.15) is 0 Å². The maximum atomic E-state index is 13.3. The van der Waals surface area contributed by atoms with Crippen LogP contribution in [-0.4, -0.2) is 59.1 Å². The first-order chi connectivity index (χ1) is 37.3. The first-order valence-corrected chi connectivity index (χ1v) is 26.1. The van der Waals surface area contributed by atoms with Crippen LogP contribution in [0.25, 0.3) is 22.3 Å². The van der Waals surface area contributed by atoms with Crippen LogP contribution < -0.4 is 9.47 Å². The minimum Gasteiger partial charge on any atom is -0.489 e. The number of rotatable bonds is 16. The zero-order chi connectivity index (χ0) is 53.5. The summed E-state index contributed by atoms with van der Waals surface area (Å²) in [5.74, 6) is 0.788. The van der Waals surface area contributed by atoms with Gasteiger partial charge >= 0.3 is 12.2 Å². The first-order valence-electron chi connectivity index (χ1n) is 26.1. The highest BCUT2D eigenvalue weighted by Gasteiger charge is 2.39. The molecule has 10 rings (SSSR count). The average Bonchev–Trinajstić information content (AvgIpc) is 4.04. The molecule has 2 heterocycles. The number of imide groups is 2. The third kappa shape index (κ3) is 15.6. The molecule has 2 saturated heterocycles. The SMILES string of the molecule is CC.CC.O=C(Cc1cc(OCc2ccccc2)cc(-c2ccccc2)c1)N1C(=O)OC[C@@H]1Cc1ccccc1.O=C(Cc1cc(OCc2ccccc2)cc(-c2ccccc2)c1)N1C(=O)OC[C@H]1Cc1ccccc1. The lowest BCUT2D eigenvalue weighted by atomic mass is 10.00. The van der Waals surface area contributed by atoms with Crippen molar-refractivity contribution in [1.29, 1.82) is 0 Å². The van der Waals surface area contributed by atoms with Crippen molar-refractivity contribution in [2.45, 2.75) is 78.7 Å². The molecular formula is C66H66N2O8. The zero-order valence-electron chi connectivity index (χ0n) is 43.8. The number of carbonyl (C=O) groups excluding carboxylic acids is 4. The van der Waals surface area contributed by atoms with Crippen LogP contribution in [0.4, 0.5) is 9.59 Å². The molecule has 8 aromatic rings. The van der Waals surface area contributed by atoms with E-state index in [9.17, 15) is 19.2 Å². The van der Waals surface area contributed by atoms with Gasteiger partial charge in [-0.1, -0.05) is 222 Å². The van der Waals surface area contributed by atoms with Crippen molar-refractivity contribution in [3.8, 4) is 33.8 Å². The Bertz CT molecular complexity index is 2860. The lowest BCUT2D eigenvalue weighted by Gasteiger charge is -2.20. The molecular weight excluding hydrogens is 949 g/mol. The Morgan fingerprint density at radius 3 is 1.03 bits per heavy atom. The molecule has 0 bridgehead atoms. The Morgan fingerprint density at radius 2 is 0.697 bits per heavy atom. The smallest absolute Gasteiger partial charge is 0.416 e. The Labute approximate surface area is 447 Å². The fourth-order valence-electron chi connectivity index (χ4n) is 8.89. The normalized spacial score (nSPS) is 14.3. The quantitative estimate of drug-likeness (QED) is 0.0941. The number of benzene rings is 8. The highest BCUT2D eigenvalue weighted by atomic mass is 16.6. The van der Waals surface area contributed by atoms with Crippen LogP contribution in [0.3, 0.4) is 0 Å². The molecule has 10 nitrogen and oxygen atoms in total. The molecule has 0 unspecified atom stereocenters. The van der Waals surface area contributed by atoms with Crippen molar-refractivity contribution in [2.24, 2.45) is 0 Å². The van der Waals surface area contributed by atoms with Gasteiger partial charge in [0, 0.05) is 0 Å². The first kappa shape index (κ1) is 55.0. The van der Waals surface area contributed by atoms with Gasteiger partial charge in [-0.3, -0.25) is 9.59 Å². The molecule has 0 radical (unpaired) electrons. The third-order valence-corrected chi connectivity index (χ3v) is 12.4. The van der Waals surface area contributed by atoms with Gasteiger partial charge in [0.2, 0.25) is 11.8 Å². The van der Waals surface area contributed by atoms with E-state index in [0.29, 0.717) is 37.6 Å². The Morgan fingerprint density at radius 1 is 0.395 bits per heavy atom. The average molecular weight is 1020 g/mol. The minimum absolute atomic E-state index is 0.0722. The molecule has 0 aromatic heterocycles. The van der Waals surface area contributed by atoms with E-state index in [4.69, 9.17) is 18.9 Å². The number of carbonyl (C=O) groups is 4. The maximum absolute atomic E-state index is 13.3. The summed E-state index contributed by atoms with van der Waals surface area (Å²) >= 11 is 0. The molecule has 0 spiro atoms. The van der Waals surface area contributed by atoms with Gasteiger partial charge in [-0.15, -0.1) is 0 Å². The van der Waals surface area contributed by atoms with Crippen molar-refractivity contribution in [2.75, 3.05) is 13.2 Å². The Kier molecular flexibility index (Phi) is 20.7. The van der Waals surface area contributed by atoms with Crippen LogP contribution in [0.5, 0.6) is 11.5 Å². The van der Waals surface area contributed by atoms with Gasteiger partial charge in [0.05, 0.1) is 24.9 Å². The van der Waals surface area contributed by atoms with Crippen LogP contribution in [0, 0.1) is 0 Å². The van der Waals surface area contributed by atoms with Crippen LogP contribution in [0.2, 0.25) is 0 Å². The molecule has 2 aliphatic heterocycles. The van der Waals surface area contributed by atoms with E-state index in [2.05, 4.69) is 0 Å². The van der Waals surface area contributed by atoms with Crippen LogP contribution in [0.15, 0.2) is 218 Å². The summed E-state index contributed by atoms with van der Waals surface area (Å²) in [6.07, 6.45) is 0.106. The minimum atomic E-state index is -0.583. The summed E-state index contributed by atoms with van der Waals surface area (Å²) in [6, 6.07) is 70.5. The lowest BCUT2D eigenvalue weighted by Crippen LogP contribution is -2.41. The molecule has 8 aromatic carbocycles. The van der Waals surface area contributed by atoms with E-state index >= 15 is 0 Å². The third-order valence-electron chi connectivity index (χ3n) is 12.4. The van der Waals surface area contributed by atoms with Crippen molar-refractivity contribution in [3.63, 3.8) is 0 Å². The van der Waals surface area contributed by atoms with Gasteiger partial charge in [0.25, 0.3) is 0 Å². The standard InChI is InChI=1S/2C31H27NO4.2C2H6/c2*33-30(32-28(22-36-31(32)34)17-23-10-4-1-5-11-23)19-25-16-27(26-14-8-3-9-15-26)20-29(18-25)35-21-24-12-6-2-7-13-24;2*1-2/h2*1-16,18,20,28H,17,19,21-22H2;2*1-2H3/t2*28-;;/m10../s1. The predicted octanol–water partition coefficient (Wildman–Crippen LogP) is 14.2. The molecule has 2 fully saturated rings. The molecule has 0 aliphatic carbocycles. The van der Waals surface area contributed by atoms with Crippen LogP contribution in [0.1, 0.15) is 61.1 Å². The summed E-state index contributed by atoms with van der Waals surface area (Å²) in [7, 11) is 0. The summed E-state index contributed by atoms with van der Waals surface area (Å²) in [5, 5.41) is 0. The van der Waals surface area contributed by atoms with Crippen molar-refractivity contribution >= 4 is 24.0 Å². The molecule has 0 saturated carbocycles. The number of hydrogen-bond donors (Lipinski definition) is 0. The van der Waals surface area contributed by atoms with E-state index in [-0.39, 0.29) is 50.0 Å². The van der Waals surface area contributed by atoms with Crippen molar-refractivity contribution < 1.29 is 38.1 Å². The van der Waals surface area contributed by atoms with Gasteiger partial charge in [0.15, 0.2) is 0 Å². The number of nitrogens with zero attached hydrogens (tertiary/aromatic N) is 2. The molecule has 2 atom stereocenters. The lowest BCUT2D eigenvalue weighted by molar-refractivity contribution is -0.129. The van der Waals surface area contributed by atoms with E-state index in [0.717, 1.165) is 55.6 Å². The summed E-state index contributed by atoms with van der Waals surface area (Å²) < 4.78 is 22.7. The van der Waals surface area contributed by atoms with E-state index in [1.54, 1.807) is 0 Å². The predicted molar refractivity (Wildman–Crippen MR) is 300 cm³/mol. The summed E-state index contributed by atoms with van der Waals surface area (Å²) in [6.45, 7) is 9.25. The van der Waals surface area contributed by atoms with Gasteiger partial charge in [0.1, 0.15) is 37.9 Å². The maximum Gasteiger partial charge on any atom is 0.416 e. The van der Waals surface area contributed by atoms with Crippen LogP contribution in [-0.2, 0) is 58.0 Å². The van der Waals surface area contributed by atoms with Gasteiger partial charge in [-0.25, -0.2) is 19.4 Å². The Balaban J connectivity index is 0.000000208. The van der Waals surface area contributed by atoms with Gasteiger partial charge < -0.3 is 18.9 Å². The number of hydrogen-bond acceptors (Lipinski definition) is 8. The summed E-state index contributed by atoms with van der Waals surface area (Å²) in [5.41, 5.74) is 9.75. The van der Waals surface area contributed by atoms with Crippen molar-refractivity contribution in [1.82, 2.24) is 9.80 Å². The van der Waals surface area contributed by atoms with E-state index in [1.165, 1.54) is 9.80 Å². The molecule has 4 amide bonds. The monoisotopic (exact) mass is 1010 g/mol. The Hall–Kier alpha value is -8.76. The van der Waals surface area contributed by atoms with Crippen molar-refractivity contribution in [3.05, 3.63) is 252 Å². The second kappa shape index (κ2) is 28.6. The molecule has 0 N–H and O–H groups in total. The molecule has 388 valence electrons. The highest BCUT2D eigenvalue weighted by molar-refractivity contribution is 5.95. The van der Waals surface area contributed by atoms with Gasteiger partial charge in [-0.05, 0) is 92.7 Å². The largest absolute Gasteiger partial charge is 0.489 e. The second-order valence-electron chi connectivity index (χ2n) is 17.7.